The van der Waals surface area contributed by atoms with Crippen LogP contribution in [-0.4, -0.2) is 32.5 Å². The Morgan fingerprint density at radius 1 is 1.26 bits per heavy atom. The van der Waals surface area contributed by atoms with Gasteiger partial charge in [0, 0.05) is 23.2 Å². The van der Waals surface area contributed by atoms with Gasteiger partial charge in [-0.1, -0.05) is 43.3 Å². The van der Waals surface area contributed by atoms with E-state index in [9.17, 15) is 4.79 Å². The Bertz CT molecular complexity index is 758. The zero-order chi connectivity index (χ0) is 19.8. The van der Waals surface area contributed by atoms with Gasteiger partial charge in [-0.2, -0.15) is 0 Å². The third kappa shape index (κ3) is 6.70. The molecular weight excluding hydrogens is 380 g/mol. The third-order valence-electron chi connectivity index (χ3n) is 4.05. The van der Waals surface area contributed by atoms with Crippen LogP contribution in [0.15, 0.2) is 42.1 Å². The van der Waals surface area contributed by atoms with Gasteiger partial charge in [-0.25, -0.2) is 0 Å². The largest absolute Gasteiger partial charge is 0.353 e. The van der Waals surface area contributed by atoms with Gasteiger partial charge in [0.1, 0.15) is 0 Å². The van der Waals surface area contributed by atoms with Crippen LogP contribution < -0.4 is 5.32 Å². The smallest absolute Gasteiger partial charge is 0.230 e. The zero-order valence-electron chi connectivity index (χ0n) is 16.1. The van der Waals surface area contributed by atoms with Gasteiger partial charge in [0.15, 0.2) is 11.0 Å². The monoisotopic (exact) mass is 406 g/mol. The number of rotatable bonds is 10. The number of thioether (sulfide) groups is 1. The number of nitrogens with one attached hydrogen (secondary N) is 1. The Hall–Kier alpha value is -1.79. The Labute approximate surface area is 170 Å². The summed E-state index contributed by atoms with van der Waals surface area (Å²) in [7, 11) is 0. The van der Waals surface area contributed by atoms with Crippen molar-refractivity contribution in [2.75, 3.05) is 5.75 Å². The molecule has 1 aromatic carbocycles. The number of halogens is 1. The number of hydrogen-bond donors (Lipinski definition) is 1. The molecule has 1 atom stereocenters. The molecule has 146 valence electrons. The minimum atomic E-state index is 0.0115. The first-order valence-electron chi connectivity index (χ1n) is 9.13. The molecule has 1 amide bonds. The molecule has 0 radical (unpaired) electrons. The van der Waals surface area contributed by atoms with E-state index in [4.69, 9.17) is 11.6 Å². The van der Waals surface area contributed by atoms with E-state index < -0.39 is 0 Å². The second-order valence-corrected chi connectivity index (χ2v) is 8.32. The lowest BCUT2D eigenvalue weighted by molar-refractivity contribution is -0.119. The van der Waals surface area contributed by atoms with Crippen molar-refractivity contribution >= 4 is 29.3 Å². The van der Waals surface area contributed by atoms with Gasteiger partial charge >= 0.3 is 0 Å². The minimum Gasteiger partial charge on any atom is -0.353 e. The molecule has 0 bridgehead atoms. The maximum absolute atomic E-state index is 12.2. The summed E-state index contributed by atoms with van der Waals surface area (Å²) >= 11 is 7.35. The maximum atomic E-state index is 12.2. The summed E-state index contributed by atoms with van der Waals surface area (Å²) in [5.41, 5.74) is 0.923. The summed E-state index contributed by atoms with van der Waals surface area (Å²) in [4.78, 5) is 12.2. The molecule has 0 spiro atoms. The molecule has 1 aromatic heterocycles. The Morgan fingerprint density at radius 3 is 2.59 bits per heavy atom. The van der Waals surface area contributed by atoms with E-state index in [-0.39, 0.29) is 11.9 Å². The number of nitrogens with zero attached hydrogens (tertiary/aromatic N) is 3. The van der Waals surface area contributed by atoms with E-state index in [0.29, 0.717) is 28.4 Å². The lowest BCUT2D eigenvalue weighted by Gasteiger charge is -2.15. The highest BCUT2D eigenvalue weighted by Crippen LogP contribution is 2.25. The normalized spacial score (nSPS) is 12.2. The van der Waals surface area contributed by atoms with Crippen molar-refractivity contribution in [1.82, 2.24) is 20.1 Å². The summed E-state index contributed by atoms with van der Waals surface area (Å²) < 4.78 is 1.95. The van der Waals surface area contributed by atoms with Crippen LogP contribution in [0.3, 0.4) is 0 Å². The number of allylic oxidation sites excluding steroid dienone is 1. The van der Waals surface area contributed by atoms with Gasteiger partial charge < -0.3 is 5.32 Å². The van der Waals surface area contributed by atoms with Crippen LogP contribution in [0.1, 0.15) is 33.6 Å². The molecule has 0 saturated carbocycles. The van der Waals surface area contributed by atoms with Gasteiger partial charge in [-0.15, -0.1) is 16.8 Å². The fraction of sp³-hybridized carbons (Fsp3) is 0.450. The van der Waals surface area contributed by atoms with Gasteiger partial charge in [-0.05, 0) is 49.9 Å². The highest BCUT2D eigenvalue weighted by molar-refractivity contribution is 7.99. The van der Waals surface area contributed by atoms with Crippen molar-refractivity contribution < 1.29 is 4.79 Å². The van der Waals surface area contributed by atoms with E-state index in [1.54, 1.807) is 6.08 Å². The molecule has 27 heavy (non-hydrogen) atoms. The van der Waals surface area contributed by atoms with Gasteiger partial charge in [0.05, 0.1) is 5.75 Å². The molecule has 0 aliphatic rings. The molecule has 1 N–H and O–H groups in total. The molecule has 0 aliphatic heterocycles. The molecule has 0 aliphatic carbocycles. The predicted octanol–water partition coefficient (Wildman–Crippen LogP) is 4.82. The number of hydrogen-bond acceptors (Lipinski definition) is 4. The average molecular weight is 407 g/mol. The molecule has 7 heteroatoms. The van der Waals surface area contributed by atoms with E-state index >= 15 is 0 Å². The summed E-state index contributed by atoms with van der Waals surface area (Å²) in [5, 5.41) is 13.0. The number of amides is 1. The lowest BCUT2D eigenvalue weighted by Crippen LogP contribution is -2.34. The first-order valence-corrected chi connectivity index (χ1v) is 10.5. The van der Waals surface area contributed by atoms with E-state index in [1.165, 1.54) is 11.8 Å². The molecular formula is C20H27ClN4OS. The van der Waals surface area contributed by atoms with Crippen LogP contribution >= 0.6 is 23.4 Å². The number of carbonyl (C=O) groups is 1. The number of carbonyl (C=O) groups excluding carboxylic acids is 1. The molecule has 0 saturated heterocycles. The maximum Gasteiger partial charge on any atom is 0.230 e. The van der Waals surface area contributed by atoms with Crippen LogP contribution in [0.5, 0.6) is 0 Å². The van der Waals surface area contributed by atoms with Crippen molar-refractivity contribution in [3.63, 3.8) is 0 Å². The fourth-order valence-corrected chi connectivity index (χ4v) is 3.49. The molecule has 2 aromatic rings. The molecule has 5 nitrogen and oxygen atoms in total. The van der Waals surface area contributed by atoms with E-state index in [1.807, 2.05) is 35.8 Å². The van der Waals surface area contributed by atoms with Crippen LogP contribution in [0.25, 0.3) is 11.4 Å². The first kappa shape index (κ1) is 21.5. The first-order chi connectivity index (χ1) is 12.9. The van der Waals surface area contributed by atoms with Crippen LogP contribution in [-0.2, 0) is 11.3 Å². The molecule has 0 unspecified atom stereocenters. The summed E-state index contributed by atoms with van der Waals surface area (Å²) in [6, 6.07) is 7.63. The molecule has 2 rings (SSSR count). The van der Waals surface area contributed by atoms with Crippen LogP contribution in [0.4, 0.5) is 0 Å². The highest BCUT2D eigenvalue weighted by Gasteiger charge is 2.16. The lowest BCUT2D eigenvalue weighted by atomic mass is 10.0. The van der Waals surface area contributed by atoms with Crippen LogP contribution in [0.2, 0.25) is 5.02 Å². The van der Waals surface area contributed by atoms with Crippen LogP contribution in [0, 0.1) is 5.92 Å². The van der Waals surface area contributed by atoms with Crippen molar-refractivity contribution in [3.05, 3.63) is 41.9 Å². The van der Waals surface area contributed by atoms with Gasteiger partial charge in [-0.3, -0.25) is 9.36 Å². The predicted molar refractivity (Wildman–Crippen MR) is 113 cm³/mol. The van der Waals surface area contributed by atoms with Crippen molar-refractivity contribution in [3.8, 4) is 11.4 Å². The van der Waals surface area contributed by atoms with E-state index in [2.05, 4.69) is 35.9 Å². The van der Waals surface area contributed by atoms with Gasteiger partial charge in [0.25, 0.3) is 0 Å². The van der Waals surface area contributed by atoms with Crippen molar-refractivity contribution in [1.29, 1.82) is 0 Å². The Morgan fingerprint density at radius 2 is 1.96 bits per heavy atom. The topological polar surface area (TPSA) is 59.8 Å². The Balaban J connectivity index is 2.01. The summed E-state index contributed by atoms with van der Waals surface area (Å²) in [6.45, 7) is 10.8. The van der Waals surface area contributed by atoms with E-state index in [0.717, 1.165) is 24.2 Å². The Kier molecular flexibility index (Phi) is 8.38. The highest BCUT2D eigenvalue weighted by atomic mass is 35.5. The molecule has 0 fully saturated rings. The summed E-state index contributed by atoms with van der Waals surface area (Å²) in [6.07, 6.45) is 3.88. The second kappa shape index (κ2) is 10.5. The number of benzene rings is 1. The second-order valence-electron chi connectivity index (χ2n) is 6.94. The quantitative estimate of drug-likeness (QED) is 0.454. The third-order valence-corrected chi connectivity index (χ3v) is 5.27. The van der Waals surface area contributed by atoms with Crippen molar-refractivity contribution in [2.45, 2.75) is 51.4 Å². The standard InChI is InChI=1S/C20H27ClN4OS/c1-5-12-25-19(16-8-10-17(21)11-9-16)23-24-20(25)27-13-18(26)22-15(4)7-6-14(2)3/h5,8-11,14-15H,1,6-7,12-13H2,2-4H3,(H,22,26)/t15-/m0/s1. The fourth-order valence-electron chi connectivity index (χ4n) is 2.60. The minimum absolute atomic E-state index is 0.0115. The van der Waals surface area contributed by atoms with Gasteiger partial charge in [0.2, 0.25) is 5.91 Å². The zero-order valence-corrected chi connectivity index (χ0v) is 17.7. The summed E-state index contributed by atoms with van der Waals surface area (Å²) in [5.74, 6) is 1.70. The molecule has 1 heterocycles. The SMILES string of the molecule is C=CCn1c(SCC(=O)N[C@@H](C)CCC(C)C)nnc1-c1ccc(Cl)cc1. The average Bonchev–Trinajstić information content (AvgIpc) is 3.02. The van der Waals surface area contributed by atoms with Crippen molar-refractivity contribution in [2.24, 2.45) is 5.92 Å². The number of aromatic nitrogens is 3.